The Bertz CT molecular complexity index is 1070. The minimum absolute atomic E-state index is 0.0967. The summed E-state index contributed by atoms with van der Waals surface area (Å²) in [5.74, 6) is -1.65. The third kappa shape index (κ3) is 2.78. The molecule has 10 heteroatoms. The first-order valence-electron chi connectivity index (χ1n) is 7.57. The van der Waals surface area contributed by atoms with Crippen LogP contribution in [0.15, 0.2) is 41.7 Å². The van der Waals surface area contributed by atoms with Crippen molar-refractivity contribution in [2.45, 2.75) is 12.7 Å². The van der Waals surface area contributed by atoms with Crippen LogP contribution in [0.25, 0.3) is 5.69 Å². The van der Waals surface area contributed by atoms with Gasteiger partial charge in [-0.1, -0.05) is 17.7 Å². The molecular formula is C17H8ClF5N4. The molecule has 27 heavy (non-hydrogen) atoms. The Kier molecular flexibility index (Phi) is 3.99. The number of alkyl halides is 3. The molecule has 0 atom stereocenters. The topological polar surface area (TPSA) is 43.1 Å². The zero-order chi connectivity index (χ0) is 19.3. The van der Waals surface area contributed by atoms with E-state index >= 15 is 0 Å². The van der Waals surface area contributed by atoms with Crippen LogP contribution in [0.5, 0.6) is 0 Å². The van der Waals surface area contributed by atoms with Gasteiger partial charge in [0.05, 0.1) is 34.1 Å². The molecule has 0 saturated heterocycles. The zero-order valence-corrected chi connectivity index (χ0v) is 14.0. The number of hydrogen-bond acceptors (Lipinski definition) is 3. The lowest BCUT2D eigenvalue weighted by Gasteiger charge is -2.17. The molecule has 138 valence electrons. The summed E-state index contributed by atoms with van der Waals surface area (Å²) in [5, 5.41) is 3.25. The number of aliphatic imine (C=N–C) groups is 1. The summed E-state index contributed by atoms with van der Waals surface area (Å²) in [4.78, 5) is 8.10. The van der Waals surface area contributed by atoms with Gasteiger partial charge in [0.25, 0.3) is 0 Å². The Labute approximate surface area is 153 Å². The van der Waals surface area contributed by atoms with Gasteiger partial charge < -0.3 is 0 Å². The number of rotatable bonds is 1. The van der Waals surface area contributed by atoms with E-state index in [4.69, 9.17) is 11.6 Å². The molecule has 0 unspecified atom stereocenters. The largest absolute Gasteiger partial charge is 0.417 e. The number of hydrogen-bond donors (Lipinski definition) is 0. The average Bonchev–Trinajstić information content (AvgIpc) is 2.99. The van der Waals surface area contributed by atoms with Gasteiger partial charge in [0.1, 0.15) is 18.0 Å². The van der Waals surface area contributed by atoms with Gasteiger partial charge in [0.2, 0.25) is 0 Å². The first-order valence-corrected chi connectivity index (χ1v) is 7.95. The van der Waals surface area contributed by atoms with Gasteiger partial charge in [-0.25, -0.2) is 18.4 Å². The molecule has 4 nitrogen and oxygen atoms in total. The highest BCUT2D eigenvalue weighted by Crippen LogP contribution is 2.40. The lowest BCUT2D eigenvalue weighted by Crippen LogP contribution is -2.16. The minimum atomic E-state index is -4.76. The molecule has 0 amide bonds. The predicted octanol–water partition coefficient (Wildman–Crippen LogP) is 4.57. The fourth-order valence-electron chi connectivity index (χ4n) is 2.92. The van der Waals surface area contributed by atoms with Crippen LogP contribution in [0.4, 0.5) is 22.0 Å². The number of fused-ring (bicyclic) bond motifs is 3. The summed E-state index contributed by atoms with van der Waals surface area (Å²) in [6, 6.07) is 5.04. The molecule has 4 rings (SSSR count). The molecule has 0 bridgehead atoms. The van der Waals surface area contributed by atoms with Crippen molar-refractivity contribution in [2.24, 2.45) is 4.99 Å². The Balaban J connectivity index is 2.09. The Morgan fingerprint density at radius 3 is 2.37 bits per heavy atom. The molecule has 0 N–H and O–H groups in total. The fourth-order valence-corrected chi connectivity index (χ4v) is 3.27. The van der Waals surface area contributed by atoms with Gasteiger partial charge in [0, 0.05) is 5.56 Å². The number of nitrogens with zero attached hydrogens (tertiary/aromatic N) is 4. The highest BCUT2D eigenvalue weighted by molar-refractivity contribution is 6.37. The van der Waals surface area contributed by atoms with E-state index in [2.05, 4.69) is 15.1 Å². The summed E-state index contributed by atoms with van der Waals surface area (Å²) >= 11 is 6.06. The van der Waals surface area contributed by atoms with Gasteiger partial charge in [-0.05, 0) is 24.3 Å². The summed E-state index contributed by atoms with van der Waals surface area (Å²) in [5.41, 5.74) is -2.20. The van der Waals surface area contributed by atoms with E-state index < -0.39 is 34.0 Å². The molecule has 1 aliphatic rings. The Hall–Kier alpha value is -2.81. The molecule has 0 saturated carbocycles. The molecule has 2 aromatic carbocycles. The van der Waals surface area contributed by atoms with Crippen molar-refractivity contribution >= 4 is 17.3 Å². The van der Waals surface area contributed by atoms with Crippen LogP contribution < -0.4 is 0 Å². The zero-order valence-electron chi connectivity index (χ0n) is 13.2. The van der Waals surface area contributed by atoms with E-state index in [9.17, 15) is 22.0 Å². The predicted molar refractivity (Wildman–Crippen MR) is 87.1 cm³/mol. The van der Waals surface area contributed by atoms with E-state index in [0.717, 1.165) is 30.3 Å². The van der Waals surface area contributed by atoms with Gasteiger partial charge in [0.15, 0.2) is 5.82 Å². The molecule has 0 radical (unpaired) electrons. The van der Waals surface area contributed by atoms with Gasteiger partial charge in [-0.2, -0.15) is 18.3 Å². The summed E-state index contributed by atoms with van der Waals surface area (Å²) in [6.45, 7) is -0.143. The number of halogens is 6. The molecule has 1 aliphatic heterocycles. The summed E-state index contributed by atoms with van der Waals surface area (Å²) in [7, 11) is 0. The third-order valence-electron chi connectivity index (χ3n) is 4.09. The van der Waals surface area contributed by atoms with Crippen molar-refractivity contribution < 1.29 is 22.0 Å². The van der Waals surface area contributed by atoms with Crippen molar-refractivity contribution in [3.63, 3.8) is 0 Å². The van der Waals surface area contributed by atoms with Crippen molar-refractivity contribution in [3.05, 3.63) is 75.8 Å². The van der Waals surface area contributed by atoms with Crippen LogP contribution >= 0.6 is 11.6 Å². The normalized spacial score (nSPS) is 13.6. The van der Waals surface area contributed by atoms with Crippen molar-refractivity contribution in [3.8, 4) is 5.69 Å². The van der Waals surface area contributed by atoms with Crippen LogP contribution in [0.2, 0.25) is 5.02 Å². The smallest absolute Gasteiger partial charge is 0.276 e. The molecule has 0 fully saturated rings. The Morgan fingerprint density at radius 1 is 1.00 bits per heavy atom. The van der Waals surface area contributed by atoms with Crippen LogP contribution in [-0.4, -0.2) is 20.5 Å². The quantitative estimate of drug-likeness (QED) is 0.564. The van der Waals surface area contributed by atoms with E-state index in [1.165, 1.54) is 11.0 Å². The monoisotopic (exact) mass is 398 g/mol. The molecular weight excluding hydrogens is 391 g/mol. The molecule has 1 aromatic heterocycles. The highest BCUT2D eigenvalue weighted by Gasteiger charge is 2.37. The first-order chi connectivity index (χ1) is 12.8. The lowest BCUT2D eigenvalue weighted by atomic mass is 9.97. The molecule has 2 heterocycles. The molecule has 0 spiro atoms. The van der Waals surface area contributed by atoms with E-state index in [1.807, 2.05) is 0 Å². The van der Waals surface area contributed by atoms with Crippen molar-refractivity contribution in [1.82, 2.24) is 14.8 Å². The average molecular weight is 399 g/mol. The van der Waals surface area contributed by atoms with Gasteiger partial charge >= 0.3 is 6.18 Å². The van der Waals surface area contributed by atoms with Crippen LogP contribution in [-0.2, 0) is 12.7 Å². The maximum Gasteiger partial charge on any atom is 0.417 e. The third-order valence-corrected chi connectivity index (χ3v) is 4.48. The van der Waals surface area contributed by atoms with Crippen molar-refractivity contribution in [1.29, 1.82) is 0 Å². The Morgan fingerprint density at radius 2 is 1.70 bits per heavy atom. The molecule has 0 aliphatic carbocycles. The first kappa shape index (κ1) is 17.6. The number of aromatic nitrogens is 3. The second kappa shape index (κ2) is 6.12. The molecule has 3 aromatic rings. The second-order valence-electron chi connectivity index (χ2n) is 5.67. The number of benzene rings is 2. The summed E-state index contributed by atoms with van der Waals surface area (Å²) < 4.78 is 70.0. The van der Waals surface area contributed by atoms with Gasteiger partial charge in [-0.3, -0.25) is 4.99 Å². The maximum atomic E-state index is 14.4. The van der Waals surface area contributed by atoms with E-state index in [-0.39, 0.29) is 23.5 Å². The van der Waals surface area contributed by atoms with Crippen LogP contribution in [0.3, 0.4) is 0 Å². The van der Waals surface area contributed by atoms with Crippen LogP contribution in [0.1, 0.15) is 22.5 Å². The standard InChI is InChI=1S/C17H8ClF5N4/c18-15-8(17(21,22)23)4-5-11-14(15)16(13-9(19)2-1-3-10(13)20)24-6-12-25-7-26-27(11)12/h1-5,7H,6H2. The minimum Gasteiger partial charge on any atom is -0.276 e. The highest BCUT2D eigenvalue weighted by atomic mass is 35.5. The van der Waals surface area contributed by atoms with E-state index in [0.29, 0.717) is 5.82 Å². The maximum absolute atomic E-state index is 14.4. The second-order valence-corrected chi connectivity index (χ2v) is 6.05. The lowest BCUT2D eigenvalue weighted by molar-refractivity contribution is -0.137. The SMILES string of the molecule is Fc1cccc(F)c1C1=NCc2ncnn2-c2ccc(C(F)(F)F)c(Cl)c21. The van der Waals surface area contributed by atoms with E-state index in [1.54, 1.807) is 0 Å². The van der Waals surface area contributed by atoms with Gasteiger partial charge in [-0.15, -0.1) is 0 Å². The fraction of sp³-hybridized carbons (Fsp3) is 0.118. The van der Waals surface area contributed by atoms with Crippen molar-refractivity contribution in [2.75, 3.05) is 0 Å². The van der Waals surface area contributed by atoms with Crippen LogP contribution in [0, 0.1) is 11.6 Å². The summed E-state index contributed by atoms with van der Waals surface area (Å²) in [6.07, 6.45) is -3.56.